The highest BCUT2D eigenvalue weighted by molar-refractivity contribution is 7.90. The van der Waals surface area contributed by atoms with Crippen LogP contribution in [-0.2, 0) is 16.3 Å². The fourth-order valence-corrected chi connectivity index (χ4v) is 3.24. The molecular formula is C13H19ClN2O3S. The first-order valence-electron chi connectivity index (χ1n) is 6.20. The predicted molar refractivity (Wildman–Crippen MR) is 82.5 cm³/mol. The standard InChI is InChI=1S/C13H18N2O3S.ClH/c1-9(8-19(2,17)18)15-13(16)11-3-4-12-10(7-11)5-6-14-12;/h3-4,7,9,14H,5-6,8H2,1-2H3,(H,15,16);1H. The molecule has 0 bridgehead atoms. The van der Waals surface area contributed by atoms with E-state index in [0.717, 1.165) is 30.5 Å². The summed E-state index contributed by atoms with van der Waals surface area (Å²) in [6.45, 7) is 2.58. The Labute approximate surface area is 125 Å². The predicted octanol–water partition coefficient (Wildman–Crippen LogP) is 1.24. The molecule has 0 aliphatic carbocycles. The minimum atomic E-state index is -3.09. The molecule has 2 rings (SSSR count). The van der Waals surface area contributed by atoms with E-state index in [1.54, 1.807) is 13.0 Å². The molecule has 2 N–H and O–H groups in total. The first-order valence-corrected chi connectivity index (χ1v) is 8.26. The third-order valence-corrected chi connectivity index (χ3v) is 4.11. The molecule has 1 aromatic rings. The van der Waals surface area contributed by atoms with Gasteiger partial charge in [0, 0.05) is 30.1 Å². The summed E-state index contributed by atoms with van der Waals surface area (Å²) in [6.07, 6.45) is 2.08. The summed E-state index contributed by atoms with van der Waals surface area (Å²) in [5, 5.41) is 5.93. The average molecular weight is 319 g/mol. The number of sulfone groups is 1. The lowest BCUT2D eigenvalue weighted by atomic mass is 10.1. The third kappa shape index (κ3) is 4.38. The number of carbonyl (C=O) groups is 1. The molecule has 20 heavy (non-hydrogen) atoms. The van der Waals surface area contributed by atoms with Crippen LogP contribution in [0.2, 0.25) is 0 Å². The van der Waals surface area contributed by atoms with Gasteiger partial charge in [-0.3, -0.25) is 4.79 Å². The van der Waals surface area contributed by atoms with Gasteiger partial charge in [-0.2, -0.15) is 0 Å². The number of hydrogen-bond donors (Lipinski definition) is 2. The number of carbonyl (C=O) groups excluding carboxylic acids is 1. The molecule has 1 heterocycles. The maximum absolute atomic E-state index is 12.0. The van der Waals surface area contributed by atoms with E-state index >= 15 is 0 Å². The van der Waals surface area contributed by atoms with Crippen LogP contribution in [0.5, 0.6) is 0 Å². The number of fused-ring (bicyclic) bond motifs is 1. The van der Waals surface area contributed by atoms with E-state index in [-0.39, 0.29) is 24.1 Å². The molecule has 0 saturated carbocycles. The summed E-state index contributed by atoms with van der Waals surface area (Å²) < 4.78 is 22.3. The minimum Gasteiger partial charge on any atom is -0.384 e. The van der Waals surface area contributed by atoms with Crippen LogP contribution in [0.4, 0.5) is 5.69 Å². The minimum absolute atomic E-state index is 0. The van der Waals surface area contributed by atoms with Crippen molar-refractivity contribution in [2.75, 3.05) is 23.9 Å². The van der Waals surface area contributed by atoms with Gasteiger partial charge in [0.15, 0.2) is 0 Å². The number of benzene rings is 1. The fraction of sp³-hybridized carbons (Fsp3) is 0.462. The molecule has 5 nitrogen and oxygen atoms in total. The lowest BCUT2D eigenvalue weighted by Gasteiger charge is -2.13. The Bertz CT molecular complexity index is 602. The maximum Gasteiger partial charge on any atom is 0.251 e. The van der Waals surface area contributed by atoms with Gasteiger partial charge in [-0.25, -0.2) is 8.42 Å². The maximum atomic E-state index is 12.0. The number of hydrogen-bond acceptors (Lipinski definition) is 4. The summed E-state index contributed by atoms with van der Waals surface area (Å²) in [6, 6.07) is 5.10. The highest BCUT2D eigenvalue weighted by Crippen LogP contribution is 2.22. The van der Waals surface area contributed by atoms with Crippen LogP contribution in [0.1, 0.15) is 22.8 Å². The summed E-state index contributed by atoms with van der Waals surface area (Å²) in [5.41, 5.74) is 2.77. The Kier molecular flexibility index (Phi) is 5.42. The van der Waals surface area contributed by atoms with E-state index in [0.29, 0.717) is 5.56 Å². The monoisotopic (exact) mass is 318 g/mol. The van der Waals surface area contributed by atoms with Crippen LogP contribution < -0.4 is 10.6 Å². The van der Waals surface area contributed by atoms with Crippen molar-refractivity contribution >= 4 is 33.8 Å². The van der Waals surface area contributed by atoms with Crippen molar-refractivity contribution in [2.24, 2.45) is 0 Å². The molecule has 1 atom stereocenters. The van der Waals surface area contributed by atoms with Gasteiger partial charge in [-0.15, -0.1) is 12.4 Å². The van der Waals surface area contributed by atoms with Crippen molar-refractivity contribution in [2.45, 2.75) is 19.4 Å². The van der Waals surface area contributed by atoms with Crippen molar-refractivity contribution in [3.8, 4) is 0 Å². The molecule has 7 heteroatoms. The van der Waals surface area contributed by atoms with Gasteiger partial charge in [-0.05, 0) is 37.1 Å². The van der Waals surface area contributed by atoms with Crippen molar-refractivity contribution in [3.05, 3.63) is 29.3 Å². The second-order valence-corrected chi connectivity index (χ2v) is 7.20. The average Bonchev–Trinajstić information content (AvgIpc) is 2.72. The van der Waals surface area contributed by atoms with Gasteiger partial charge in [-0.1, -0.05) is 0 Å². The van der Waals surface area contributed by atoms with Gasteiger partial charge in [0.25, 0.3) is 5.91 Å². The van der Waals surface area contributed by atoms with E-state index < -0.39 is 15.9 Å². The van der Waals surface area contributed by atoms with Crippen LogP contribution in [0.25, 0.3) is 0 Å². The van der Waals surface area contributed by atoms with Gasteiger partial charge in [0.05, 0.1) is 5.75 Å². The Morgan fingerprint density at radius 3 is 2.80 bits per heavy atom. The molecule has 0 spiro atoms. The Morgan fingerprint density at radius 2 is 2.15 bits per heavy atom. The second-order valence-electron chi connectivity index (χ2n) is 5.02. The number of nitrogens with one attached hydrogen (secondary N) is 2. The normalized spacial score (nSPS) is 14.7. The molecule has 1 unspecified atom stereocenters. The van der Waals surface area contributed by atoms with Crippen LogP contribution in [0, 0.1) is 0 Å². The van der Waals surface area contributed by atoms with Gasteiger partial charge in [0.1, 0.15) is 9.84 Å². The van der Waals surface area contributed by atoms with Gasteiger partial charge >= 0.3 is 0 Å². The van der Waals surface area contributed by atoms with E-state index in [2.05, 4.69) is 10.6 Å². The van der Waals surface area contributed by atoms with E-state index in [1.165, 1.54) is 0 Å². The Morgan fingerprint density at radius 1 is 1.45 bits per heavy atom. The molecule has 1 aliphatic rings. The van der Waals surface area contributed by atoms with Gasteiger partial charge < -0.3 is 10.6 Å². The fourth-order valence-electron chi connectivity index (χ4n) is 2.25. The molecule has 0 fully saturated rings. The Hall–Kier alpha value is -1.27. The van der Waals surface area contributed by atoms with E-state index in [1.807, 2.05) is 12.1 Å². The zero-order chi connectivity index (χ0) is 14.0. The van der Waals surface area contributed by atoms with Gasteiger partial charge in [0.2, 0.25) is 0 Å². The van der Waals surface area contributed by atoms with Crippen molar-refractivity contribution < 1.29 is 13.2 Å². The van der Waals surface area contributed by atoms with Crippen LogP contribution >= 0.6 is 12.4 Å². The highest BCUT2D eigenvalue weighted by Gasteiger charge is 2.16. The number of rotatable bonds is 4. The number of halogens is 1. The number of anilines is 1. The lowest BCUT2D eigenvalue weighted by Crippen LogP contribution is -2.37. The summed E-state index contributed by atoms with van der Waals surface area (Å²) >= 11 is 0. The largest absolute Gasteiger partial charge is 0.384 e. The summed E-state index contributed by atoms with van der Waals surface area (Å²) in [5.74, 6) is -0.281. The molecule has 112 valence electrons. The van der Waals surface area contributed by atoms with E-state index in [9.17, 15) is 13.2 Å². The molecule has 0 saturated heterocycles. The quantitative estimate of drug-likeness (QED) is 0.876. The molecule has 1 aromatic carbocycles. The second kappa shape index (κ2) is 6.45. The molecule has 1 aliphatic heterocycles. The van der Waals surface area contributed by atoms with E-state index in [4.69, 9.17) is 0 Å². The SMILES string of the molecule is CC(CS(C)(=O)=O)NC(=O)c1ccc2c(c1)CCN2.Cl. The zero-order valence-corrected chi connectivity index (χ0v) is 13.1. The van der Waals surface area contributed by atoms with Crippen LogP contribution in [-0.4, -0.2) is 38.9 Å². The molecular weight excluding hydrogens is 300 g/mol. The van der Waals surface area contributed by atoms with Crippen molar-refractivity contribution in [1.82, 2.24) is 5.32 Å². The highest BCUT2D eigenvalue weighted by atomic mass is 35.5. The van der Waals surface area contributed by atoms with Crippen molar-refractivity contribution in [3.63, 3.8) is 0 Å². The third-order valence-electron chi connectivity index (χ3n) is 3.01. The first kappa shape index (κ1) is 16.8. The zero-order valence-electron chi connectivity index (χ0n) is 11.5. The molecule has 0 aromatic heterocycles. The van der Waals surface area contributed by atoms with Crippen LogP contribution in [0.3, 0.4) is 0 Å². The molecule has 1 amide bonds. The summed E-state index contributed by atoms with van der Waals surface area (Å²) in [7, 11) is -3.09. The van der Waals surface area contributed by atoms with Crippen molar-refractivity contribution in [1.29, 1.82) is 0 Å². The first-order chi connectivity index (χ1) is 8.85. The number of amides is 1. The molecule has 0 radical (unpaired) electrons. The lowest BCUT2D eigenvalue weighted by molar-refractivity contribution is 0.0943. The smallest absolute Gasteiger partial charge is 0.251 e. The topological polar surface area (TPSA) is 75.3 Å². The summed E-state index contributed by atoms with van der Waals surface area (Å²) in [4.78, 5) is 12.0. The Balaban J connectivity index is 0.00000200. The van der Waals surface area contributed by atoms with Crippen LogP contribution in [0.15, 0.2) is 18.2 Å².